The van der Waals surface area contributed by atoms with E-state index in [1.165, 1.54) is 18.2 Å². The molecule has 0 aromatic heterocycles. The van der Waals surface area contributed by atoms with Crippen molar-refractivity contribution in [2.24, 2.45) is 0 Å². The molecule has 1 aliphatic heterocycles. The maximum absolute atomic E-state index is 12.9. The maximum atomic E-state index is 12.9. The third-order valence-electron chi connectivity index (χ3n) is 5.11. The molecule has 11 heteroatoms. The highest BCUT2D eigenvalue weighted by Gasteiger charge is 2.35. The first-order valence-electron chi connectivity index (χ1n) is 10.7. The van der Waals surface area contributed by atoms with E-state index in [0.717, 1.165) is 4.90 Å². The highest BCUT2D eigenvalue weighted by atomic mass is 35.5. The number of nitro groups is 1. The Morgan fingerprint density at radius 1 is 1.06 bits per heavy atom. The summed E-state index contributed by atoms with van der Waals surface area (Å²) in [4.78, 5) is 36.9. The summed E-state index contributed by atoms with van der Waals surface area (Å²) in [6.07, 6.45) is 1.48. The van der Waals surface area contributed by atoms with Gasteiger partial charge in [0.15, 0.2) is 11.5 Å². The molecule has 3 amide bonds. The molecule has 0 atom stereocenters. The number of nitrogens with zero attached hydrogens (tertiary/aromatic N) is 2. The summed E-state index contributed by atoms with van der Waals surface area (Å²) in [5.74, 6) is 0.0211. The molecule has 1 fully saturated rings. The normalized spacial score (nSPS) is 14.2. The fourth-order valence-corrected chi connectivity index (χ4v) is 3.92. The number of halogens is 2. The summed E-state index contributed by atoms with van der Waals surface area (Å²) in [6, 6.07) is 15.0. The number of urea groups is 1. The van der Waals surface area contributed by atoms with Crippen molar-refractivity contribution < 1.29 is 24.0 Å². The van der Waals surface area contributed by atoms with Gasteiger partial charge in [0.1, 0.15) is 12.3 Å². The number of carbonyl (C=O) groups excluding carboxylic acids is 2. The largest absolute Gasteiger partial charge is 0.490 e. The first kappa shape index (κ1) is 25.0. The van der Waals surface area contributed by atoms with E-state index in [4.69, 9.17) is 32.7 Å². The van der Waals surface area contributed by atoms with Gasteiger partial charge in [0.25, 0.3) is 11.6 Å². The Balaban J connectivity index is 1.59. The minimum absolute atomic E-state index is 0.0203. The zero-order chi connectivity index (χ0) is 25.8. The standard InChI is InChI=1S/C25H19Cl2N3O6/c1-2-35-22-13-16(11-20(27)23(22)36-14-15-4-3-5-19(10-15)30(33)34)12-21-24(31)29(25(32)28-21)18-8-6-17(26)7-9-18/h3-13H,2,14H2,1H3,(H,28,32)/b21-12+. The lowest BCUT2D eigenvalue weighted by atomic mass is 10.1. The van der Waals surface area contributed by atoms with E-state index in [1.54, 1.807) is 55.5 Å². The van der Waals surface area contributed by atoms with Gasteiger partial charge in [-0.15, -0.1) is 0 Å². The van der Waals surface area contributed by atoms with Gasteiger partial charge >= 0.3 is 6.03 Å². The SMILES string of the molecule is CCOc1cc(/C=C2/NC(=O)N(c3ccc(Cl)cc3)C2=O)cc(Cl)c1OCc1cccc([N+](=O)[O-])c1. The lowest BCUT2D eigenvalue weighted by Gasteiger charge is -2.15. The molecule has 184 valence electrons. The minimum atomic E-state index is -0.596. The molecule has 1 saturated heterocycles. The van der Waals surface area contributed by atoms with Gasteiger partial charge in [0.2, 0.25) is 0 Å². The van der Waals surface area contributed by atoms with Gasteiger partial charge in [0.05, 0.1) is 22.2 Å². The zero-order valence-electron chi connectivity index (χ0n) is 18.9. The van der Waals surface area contributed by atoms with Gasteiger partial charge in [-0.2, -0.15) is 0 Å². The summed E-state index contributed by atoms with van der Waals surface area (Å²) >= 11 is 12.4. The average molecular weight is 528 g/mol. The highest BCUT2D eigenvalue weighted by molar-refractivity contribution is 6.33. The van der Waals surface area contributed by atoms with Crippen LogP contribution in [0.4, 0.5) is 16.2 Å². The van der Waals surface area contributed by atoms with Crippen LogP contribution in [0.1, 0.15) is 18.1 Å². The van der Waals surface area contributed by atoms with Gasteiger partial charge in [-0.05, 0) is 60.5 Å². The summed E-state index contributed by atoms with van der Waals surface area (Å²) in [5.41, 5.74) is 1.45. The van der Waals surface area contributed by atoms with Crippen molar-refractivity contribution in [3.63, 3.8) is 0 Å². The van der Waals surface area contributed by atoms with Crippen molar-refractivity contribution in [2.75, 3.05) is 11.5 Å². The number of hydrogen-bond donors (Lipinski definition) is 1. The molecule has 0 radical (unpaired) electrons. The predicted octanol–water partition coefficient (Wildman–Crippen LogP) is 5.98. The van der Waals surface area contributed by atoms with Crippen LogP contribution in [0.25, 0.3) is 6.08 Å². The van der Waals surface area contributed by atoms with Crippen molar-refractivity contribution >= 4 is 52.6 Å². The Kier molecular flexibility index (Phi) is 7.42. The number of ether oxygens (including phenoxy) is 2. The lowest BCUT2D eigenvalue weighted by Crippen LogP contribution is -2.30. The molecule has 9 nitrogen and oxygen atoms in total. The molecule has 0 aliphatic carbocycles. The summed E-state index contributed by atoms with van der Waals surface area (Å²) in [6.45, 7) is 2.12. The van der Waals surface area contributed by atoms with Crippen LogP contribution < -0.4 is 19.7 Å². The molecular weight excluding hydrogens is 509 g/mol. The Morgan fingerprint density at radius 3 is 2.50 bits per heavy atom. The number of carbonyl (C=O) groups is 2. The summed E-state index contributed by atoms with van der Waals surface area (Å²) < 4.78 is 11.5. The van der Waals surface area contributed by atoms with E-state index < -0.39 is 16.9 Å². The molecule has 0 saturated carbocycles. The second kappa shape index (κ2) is 10.7. The molecule has 1 heterocycles. The van der Waals surface area contributed by atoms with E-state index in [-0.39, 0.29) is 28.8 Å². The summed E-state index contributed by atoms with van der Waals surface area (Å²) in [7, 11) is 0. The van der Waals surface area contributed by atoms with Crippen molar-refractivity contribution in [2.45, 2.75) is 13.5 Å². The van der Waals surface area contributed by atoms with Crippen molar-refractivity contribution in [3.05, 3.63) is 97.6 Å². The van der Waals surface area contributed by atoms with Gasteiger partial charge in [-0.3, -0.25) is 14.9 Å². The van der Waals surface area contributed by atoms with E-state index in [2.05, 4.69) is 5.32 Å². The third-order valence-corrected chi connectivity index (χ3v) is 5.64. The molecule has 3 aromatic carbocycles. The number of nitro benzene ring substituents is 1. The first-order chi connectivity index (χ1) is 17.3. The maximum Gasteiger partial charge on any atom is 0.333 e. The minimum Gasteiger partial charge on any atom is -0.490 e. The third kappa shape index (κ3) is 5.42. The van der Waals surface area contributed by atoms with Crippen LogP contribution in [0.3, 0.4) is 0 Å². The fraction of sp³-hybridized carbons (Fsp3) is 0.120. The van der Waals surface area contributed by atoms with Crippen LogP contribution in [-0.2, 0) is 11.4 Å². The first-order valence-corrected chi connectivity index (χ1v) is 11.5. The second-order valence-electron chi connectivity index (χ2n) is 7.58. The number of non-ortho nitro benzene ring substituents is 1. The Morgan fingerprint density at radius 2 is 1.81 bits per heavy atom. The number of nitrogens with one attached hydrogen (secondary N) is 1. The van der Waals surface area contributed by atoms with Crippen LogP contribution in [0.2, 0.25) is 10.0 Å². The van der Waals surface area contributed by atoms with Crippen molar-refractivity contribution in [3.8, 4) is 11.5 Å². The van der Waals surface area contributed by atoms with Crippen molar-refractivity contribution in [1.82, 2.24) is 5.32 Å². The molecule has 36 heavy (non-hydrogen) atoms. The fourth-order valence-electron chi connectivity index (χ4n) is 3.52. The molecule has 0 unspecified atom stereocenters. The second-order valence-corrected chi connectivity index (χ2v) is 8.43. The smallest absolute Gasteiger partial charge is 0.333 e. The summed E-state index contributed by atoms with van der Waals surface area (Å²) in [5, 5.41) is 14.3. The highest BCUT2D eigenvalue weighted by Crippen LogP contribution is 2.38. The quantitative estimate of drug-likeness (QED) is 0.167. The Bertz CT molecular complexity index is 1370. The van der Waals surface area contributed by atoms with E-state index in [0.29, 0.717) is 34.2 Å². The van der Waals surface area contributed by atoms with Crippen LogP contribution in [-0.4, -0.2) is 23.5 Å². The van der Waals surface area contributed by atoms with E-state index >= 15 is 0 Å². The number of amides is 3. The van der Waals surface area contributed by atoms with Gasteiger partial charge in [0, 0.05) is 17.2 Å². The van der Waals surface area contributed by atoms with Crippen LogP contribution in [0.15, 0.2) is 66.4 Å². The average Bonchev–Trinajstić information content (AvgIpc) is 3.12. The van der Waals surface area contributed by atoms with Crippen LogP contribution in [0.5, 0.6) is 11.5 Å². The number of hydrogen-bond acceptors (Lipinski definition) is 6. The molecule has 1 N–H and O–H groups in total. The molecule has 3 aromatic rings. The molecular formula is C25H19Cl2N3O6. The van der Waals surface area contributed by atoms with Crippen molar-refractivity contribution in [1.29, 1.82) is 0 Å². The topological polar surface area (TPSA) is 111 Å². The number of imide groups is 1. The number of benzene rings is 3. The van der Waals surface area contributed by atoms with E-state index in [9.17, 15) is 19.7 Å². The van der Waals surface area contributed by atoms with Crippen LogP contribution >= 0.6 is 23.2 Å². The Hall–Kier alpha value is -4.08. The Labute approximate surface area is 216 Å². The number of rotatable bonds is 8. The van der Waals surface area contributed by atoms with Gasteiger partial charge in [-0.1, -0.05) is 35.3 Å². The number of anilines is 1. The zero-order valence-corrected chi connectivity index (χ0v) is 20.4. The molecule has 0 bridgehead atoms. The molecule has 0 spiro atoms. The lowest BCUT2D eigenvalue weighted by molar-refractivity contribution is -0.384. The predicted molar refractivity (Wildman–Crippen MR) is 135 cm³/mol. The monoisotopic (exact) mass is 527 g/mol. The van der Waals surface area contributed by atoms with Gasteiger partial charge in [-0.25, -0.2) is 9.69 Å². The van der Waals surface area contributed by atoms with Gasteiger partial charge < -0.3 is 14.8 Å². The molecule has 4 rings (SSSR count). The van der Waals surface area contributed by atoms with Crippen LogP contribution in [0, 0.1) is 10.1 Å². The van der Waals surface area contributed by atoms with E-state index in [1.807, 2.05) is 0 Å². The molecule has 1 aliphatic rings.